The van der Waals surface area contributed by atoms with Crippen molar-refractivity contribution in [3.63, 3.8) is 0 Å². The summed E-state index contributed by atoms with van der Waals surface area (Å²) in [4.78, 5) is 30.0. The Hall–Kier alpha value is -3.83. The molecule has 1 aliphatic rings. The molecule has 0 bridgehead atoms. The SMILES string of the molecule is [C-]#[N+]c1ccc(NC(=O)N2CCn3nc(-c4cc(C)cc(Cl)c4)c(C(N)=O)c3C2)cc1. The molecular weight excluding hydrogens is 416 g/mol. The fraction of sp³-hybridized carbons (Fsp3) is 0.182. The Labute approximate surface area is 184 Å². The molecule has 3 aromatic rings. The van der Waals surface area contributed by atoms with E-state index >= 15 is 0 Å². The Bertz CT molecular complexity index is 1210. The molecule has 9 heteroatoms. The van der Waals surface area contributed by atoms with Crippen LogP contribution in [0.25, 0.3) is 16.1 Å². The molecule has 0 fully saturated rings. The van der Waals surface area contributed by atoms with Crippen molar-refractivity contribution in [2.24, 2.45) is 5.73 Å². The van der Waals surface area contributed by atoms with Crippen LogP contribution >= 0.6 is 11.6 Å². The van der Waals surface area contributed by atoms with E-state index < -0.39 is 5.91 Å². The number of aryl methyl sites for hydroxylation is 1. The number of hydrogen-bond acceptors (Lipinski definition) is 3. The van der Waals surface area contributed by atoms with Gasteiger partial charge in [0.05, 0.1) is 30.9 Å². The number of amides is 3. The first kappa shape index (κ1) is 20.4. The monoisotopic (exact) mass is 434 g/mol. The van der Waals surface area contributed by atoms with Gasteiger partial charge in [-0.1, -0.05) is 23.7 Å². The van der Waals surface area contributed by atoms with Gasteiger partial charge in [0.1, 0.15) is 5.69 Å². The van der Waals surface area contributed by atoms with Gasteiger partial charge in [-0.15, -0.1) is 0 Å². The van der Waals surface area contributed by atoms with Crippen LogP contribution in [0.2, 0.25) is 5.02 Å². The van der Waals surface area contributed by atoms with Crippen molar-refractivity contribution in [3.05, 3.63) is 75.7 Å². The number of nitrogens with zero attached hydrogens (tertiary/aromatic N) is 4. The third-order valence-corrected chi connectivity index (χ3v) is 5.30. The van der Waals surface area contributed by atoms with Crippen LogP contribution in [0.4, 0.5) is 16.2 Å². The van der Waals surface area contributed by atoms with Gasteiger partial charge in [0.25, 0.3) is 5.91 Å². The smallest absolute Gasteiger partial charge is 0.322 e. The van der Waals surface area contributed by atoms with Crippen LogP contribution in [0.5, 0.6) is 0 Å². The van der Waals surface area contributed by atoms with E-state index in [0.29, 0.717) is 52.0 Å². The molecule has 2 aromatic carbocycles. The molecule has 0 spiro atoms. The average Bonchev–Trinajstić information content (AvgIpc) is 3.12. The summed E-state index contributed by atoms with van der Waals surface area (Å²) < 4.78 is 1.72. The number of carbonyl (C=O) groups is 2. The minimum atomic E-state index is -0.606. The number of aromatic nitrogens is 2. The van der Waals surface area contributed by atoms with Gasteiger partial charge in [-0.05, 0) is 42.8 Å². The molecule has 0 unspecified atom stereocenters. The number of urea groups is 1. The van der Waals surface area contributed by atoms with Crippen molar-refractivity contribution in [2.45, 2.75) is 20.0 Å². The lowest BCUT2D eigenvalue weighted by Gasteiger charge is -2.28. The van der Waals surface area contributed by atoms with Crippen molar-refractivity contribution in [1.29, 1.82) is 0 Å². The summed E-state index contributed by atoms with van der Waals surface area (Å²) in [6.07, 6.45) is 0. The number of rotatable bonds is 3. The van der Waals surface area contributed by atoms with E-state index in [2.05, 4.69) is 15.3 Å². The summed E-state index contributed by atoms with van der Waals surface area (Å²) in [6.45, 7) is 9.96. The van der Waals surface area contributed by atoms with Crippen molar-refractivity contribution < 1.29 is 9.59 Å². The lowest BCUT2D eigenvalue weighted by molar-refractivity contribution is 0.0997. The highest BCUT2D eigenvalue weighted by molar-refractivity contribution is 6.31. The minimum absolute atomic E-state index is 0.191. The predicted octanol–water partition coefficient (Wildman–Crippen LogP) is 4.21. The molecule has 1 aromatic heterocycles. The molecule has 0 atom stereocenters. The van der Waals surface area contributed by atoms with E-state index in [9.17, 15) is 9.59 Å². The minimum Gasteiger partial charge on any atom is -0.365 e. The molecule has 0 saturated carbocycles. The van der Waals surface area contributed by atoms with Gasteiger partial charge in [-0.3, -0.25) is 9.48 Å². The van der Waals surface area contributed by atoms with Gasteiger partial charge in [0.2, 0.25) is 0 Å². The Morgan fingerprint density at radius 2 is 1.94 bits per heavy atom. The van der Waals surface area contributed by atoms with Crippen LogP contribution in [0.3, 0.4) is 0 Å². The number of primary amides is 1. The average molecular weight is 435 g/mol. The number of nitrogens with one attached hydrogen (secondary N) is 1. The van der Waals surface area contributed by atoms with Crippen LogP contribution in [-0.4, -0.2) is 33.2 Å². The zero-order valence-corrected chi connectivity index (χ0v) is 17.5. The van der Waals surface area contributed by atoms with Crippen LogP contribution in [0.1, 0.15) is 21.6 Å². The zero-order chi connectivity index (χ0) is 22.1. The highest BCUT2D eigenvalue weighted by atomic mass is 35.5. The van der Waals surface area contributed by atoms with E-state index in [1.807, 2.05) is 19.1 Å². The summed E-state index contributed by atoms with van der Waals surface area (Å²) >= 11 is 6.19. The quantitative estimate of drug-likeness (QED) is 0.604. The molecule has 3 amide bonds. The third kappa shape index (κ3) is 4.09. The Morgan fingerprint density at radius 1 is 1.19 bits per heavy atom. The Morgan fingerprint density at radius 3 is 2.58 bits per heavy atom. The number of benzene rings is 2. The highest BCUT2D eigenvalue weighted by Crippen LogP contribution is 2.31. The molecule has 4 rings (SSSR count). The first-order chi connectivity index (χ1) is 14.9. The second kappa shape index (κ2) is 8.13. The maximum Gasteiger partial charge on any atom is 0.322 e. The largest absolute Gasteiger partial charge is 0.365 e. The fourth-order valence-corrected chi connectivity index (χ4v) is 3.94. The molecule has 1 aliphatic heterocycles. The van der Waals surface area contributed by atoms with E-state index in [1.165, 1.54) is 0 Å². The number of halogens is 1. The number of anilines is 1. The van der Waals surface area contributed by atoms with Crippen LogP contribution in [0.15, 0.2) is 42.5 Å². The molecule has 156 valence electrons. The van der Waals surface area contributed by atoms with E-state index in [0.717, 1.165) is 5.56 Å². The van der Waals surface area contributed by atoms with Gasteiger partial charge >= 0.3 is 6.03 Å². The van der Waals surface area contributed by atoms with Crippen LogP contribution < -0.4 is 11.1 Å². The van der Waals surface area contributed by atoms with E-state index in [-0.39, 0.29) is 12.6 Å². The Kier molecular flexibility index (Phi) is 5.36. The van der Waals surface area contributed by atoms with Gasteiger partial charge in [-0.25, -0.2) is 9.64 Å². The molecule has 3 N–H and O–H groups in total. The van der Waals surface area contributed by atoms with Gasteiger partial charge < -0.3 is 16.0 Å². The van der Waals surface area contributed by atoms with Crippen LogP contribution in [0, 0.1) is 13.5 Å². The maximum atomic E-state index is 12.8. The second-order valence-electron chi connectivity index (χ2n) is 7.29. The molecule has 0 saturated heterocycles. The molecule has 8 nitrogen and oxygen atoms in total. The summed E-state index contributed by atoms with van der Waals surface area (Å²) in [7, 11) is 0. The predicted molar refractivity (Wildman–Crippen MR) is 118 cm³/mol. The standard InChI is InChI=1S/C22H19ClN6O2/c1-13-9-14(11-15(23)10-13)20-19(21(24)30)18-12-28(7-8-29(18)27-20)22(31)26-17-5-3-16(25-2)4-6-17/h3-6,9-11H,7-8,12H2,1H3,(H2,24,30)(H,26,31). The van der Waals surface area contributed by atoms with Gasteiger partial charge in [0.15, 0.2) is 5.69 Å². The fourth-order valence-electron chi connectivity index (χ4n) is 3.65. The lowest BCUT2D eigenvalue weighted by atomic mass is 10.0. The van der Waals surface area contributed by atoms with Crippen LogP contribution in [-0.2, 0) is 13.1 Å². The molecule has 0 radical (unpaired) electrons. The third-order valence-electron chi connectivity index (χ3n) is 5.08. The normalized spacial score (nSPS) is 12.7. The number of hydrogen-bond donors (Lipinski definition) is 2. The van der Waals surface area contributed by atoms with Gasteiger partial charge in [-0.2, -0.15) is 5.10 Å². The highest BCUT2D eigenvalue weighted by Gasteiger charge is 2.29. The Balaban J connectivity index is 1.62. The van der Waals surface area contributed by atoms with E-state index in [4.69, 9.17) is 23.9 Å². The first-order valence-electron chi connectivity index (χ1n) is 9.56. The van der Waals surface area contributed by atoms with Crippen molar-refractivity contribution in [2.75, 3.05) is 11.9 Å². The molecule has 2 heterocycles. The van der Waals surface area contributed by atoms with Crippen molar-refractivity contribution in [3.8, 4) is 11.3 Å². The van der Waals surface area contributed by atoms with Crippen molar-refractivity contribution in [1.82, 2.24) is 14.7 Å². The van der Waals surface area contributed by atoms with Crippen molar-refractivity contribution >= 4 is 34.9 Å². The molecular formula is C22H19ClN6O2. The first-order valence-corrected chi connectivity index (χ1v) is 9.94. The summed E-state index contributed by atoms with van der Waals surface area (Å²) in [5.41, 5.74) is 9.77. The number of fused-ring (bicyclic) bond motifs is 1. The zero-order valence-electron chi connectivity index (χ0n) is 16.7. The number of carbonyl (C=O) groups excluding carboxylic acids is 2. The topological polar surface area (TPSA) is 97.6 Å². The van der Waals surface area contributed by atoms with Gasteiger partial charge in [0, 0.05) is 22.8 Å². The number of nitrogens with two attached hydrogens (primary N) is 1. The molecule has 31 heavy (non-hydrogen) atoms. The molecule has 0 aliphatic carbocycles. The lowest BCUT2D eigenvalue weighted by Crippen LogP contribution is -2.41. The summed E-state index contributed by atoms with van der Waals surface area (Å²) in [5, 5.41) is 7.95. The summed E-state index contributed by atoms with van der Waals surface area (Å²) in [5.74, 6) is -0.606. The second-order valence-corrected chi connectivity index (χ2v) is 7.72. The summed E-state index contributed by atoms with van der Waals surface area (Å²) in [6, 6.07) is 11.8. The van der Waals surface area contributed by atoms with E-state index in [1.54, 1.807) is 39.9 Å². The maximum absolute atomic E-state index is 12.8.